The Labute approximate surface area is 85.8 Å². The molecule has 0 aromatic carbocycles. The minimum Gasteiger partial charge on any atom is -0.396 e. The lowest BCUT2D eigenvalue weighted by molar-refractivity contribution is 0.0242. The van der Waals surface area contributed by atoms with E-state index in [0.29, 0.717) is 26.2 Å². The van der Waals surface area contributed by atoms with Crippen LogP contribution in [0.4, 0.5) is 0 Å². The molecule has 0 radical (unpaired) electrons. The highest BCUT2D eigenvalue weighted by Crippen LogP contribution is 2.18. The lowest BCUT2D eigenvalue weighted by Gasteiger charge is -2.24. The van der Waals surface area contributed by atoms with Gasteiger partial charge in [-0.15, -0.1) is 0 Å². The lowest BCUT2D eigenvalue weighted by Crippen LogP contribution is -2.27. The zero-order valence-corrected chi connectivity index (χ0v) is 9.16. The Morgan fingerprint density at radius 3 is 2.21 bits per heavy atom. The Morgan fingerprint density at radius 2 is 1.71 bits per heavy atom. The van der Waals surface area contributed by atoms with Crippen LogP contribution in [0.3, 0.4) is 0 Å². The summed E-state index contributed by atoms with van der Waals surface area (Å²) < 4.78 is 10.2. The van der Waals surface area contributed by atoms with E-state index in [1.165, 1.54) is 0 Å². The molecule has 0 aliphatic rings. The maximum atomic E-state index is 8.99. The van der Waals surface area contributed by atoms with Crippen LogP contribution in [-0.2, 0) is 9.47 Å². The number of aliphatic hydroxyl groups excluding tert-OH is 2. The number of aliphatic hydroxyl groups is 2. The highest BCUT2D eigenvalue weighted by molar-refractivity contribution is 4.71. The number of hydrogen-bond donors (Lipinski definition) is 2. The summed E-state index contributed by atoms with van der Waals surface area (Å²) in [7, 11) is 1.66. The van der Waals surface area contributed by atoms with Gasteiger partial charge in [-0.2, -0.15) is 0 Å². The molecule has 4 heteroatoms. The van der Waals surface area contributed by atoms with Crippen LogP contribution in [0, 0.1) is 5.41 Å². The minimum atomic E-state index is -0.415. The zero-order valence-electron chi connectivity index (χ0n) is 9.16. The van der Waals surface area contributed by atoms with Gasteiger partial charge in [0.1, 0.15) is 0 Å². The molecule has 14 heavy (non-hydrogen) atoms. The zero-order chi connectivity index (χ0) is 10.9. The number of ether oxygens (including phenoxy) is 2. The monoisotopic (exact) mass is 206 g/mol. The van der Waals surface area contributed by atoms with E-state index < -0.39 is 5.41 Å². The van der Waals surface area contributed by atoms with Crippen LogP contribution in [0.15, 0.2) is 0 Å². The van der Waals surface area contributed by atoms with Crippen molar-refractivity contribution in [3.8, 4) is 0 Å². The SMILES string of the molecule is COCCCOCCC(C)(CO)CO. The van der Waals surface area contributed by atoms with E-state index in [0.717, 1.165) is 6.42 Å². The molecular weight excluding hydrogens is 184 g/mol. The van der Waals surface area contributed by atoms with Crippen molar-refractivity contribution in [2.45, 2.75) is 19.8 Å². The standard InChI is InChI=1S/C10H22O4/c1-10(8-11,9-12)4-7-14-6-3-5-13-2/h11-12H,3-9H2,1-2H3. The summed E-state index contributed by atoms with van der Waals surface area (Å²) in [5, 5.41) is 18.0. The van der Waals surface area contributed by atoms with Gasteiger partial charge >= 0.3 is 0 Å². The average molecular weight is 206 g/mol. The van der Waals surface area contributed by atoms with Crippen LogP contribution in [0.25, 0.3) is 0 Å². The molecule has 0 unspecified atom stereocenters. The Balaban J connectivity index is 3.34. The first-order valence-electron chi connectivity index (χ1n) is 4.97. The second kappa shape index (κ2) is 8.17. The van der Waals surface area contributed by atoms with E-state index in [9.17, 15) is 0 Å². The molecule has 0 saturated carbocycles. The van der Waals surface area contributed by atoms with Crippen LogP contribution in [0.1, 0.15) is 19.8 Å². The van der Waals surface area contributed by atoms with Gasteiger partial charge in [0.25, 0.3) is 0 Å². The third-order valence-corrected chi connectivity index (χ3v) is 2.25. The van der Waals surface area contributed by atoms with E-state index in [-0.39, 0.29) is 13.2 Å². The summed E-state index contributed by atoms with van der Waals surface area (Å²) in [6, 6.07) is 0. The maximum Gasteiger partial charge on any atom is 0.0507 e. The summed E-state index contributed by atoms with van der Waals surface area (Å²) in [4.78, 5) is 0. The predicted molar refractivity (Wildman–Crippen MR) is 54.2 cm³/mol. The maximum absolute atomic E-state index is 8.99. The van der Waals surface area contributed by atoms with Crippen molar-refractivity contribution in [2.24, 2.45) is 5.41 Å². The summed E-state index contributed by atoms with van der Waals surface area (Å²) in [5.41, 5.74) is -0.415. The first-order chi connectivity index (χ1) is 6.68. The molecule has 2 N–H and O–H groups in total. The lowest BCUT2D eigenvalue weighted by atomic mass is 9.89. The average Bonchev–Trinajstić information content (AvgIpc) is 2.23. The van der Waals surface area contributed by atoms with Crippen LogP contribution >= 0.6 is 0 Å². The minimum absolute atomic E-state index is 0.00900. The molecule has 0 aromatic rings. The van der Waals surface area contributed by atoms with Gasteiger partial charge in [0.05, 0.1) is 13.2 Å². The summed E-state index contributed by atoms with van der Waals surface area (Å²) >= 11 is 0. The molecule has 0 bridgehead atoms. The van der Waals surface area contributed by atoms with Gasteiger partial charge < -0.3 is 19.7 Å². The van der Waals surface area contributed by atoms with Crippen LogP contribution in [-0.4, -0.2) is 50.4 Å². The van der Waals surface area contributed by atoms with Gasteiger partial charge in [0.15, 0.2) is 0 Å². The van der Waals surface area contributed by atoms with E-state index in [1.807, 2.05) is 6.92 Å². The molecule has 0 atom stereocenters. The fourth-order valence-electron chi connectivity index (χ4n) is 0.934. The third kappa shape index (κ3) is 6.32. The third-order valence-electron chi connectivity index (χ3n) is 2.25. The van der Waals surface area contributed by atoms with Crippen molar-refractivity contribution < 1.29 is 19.7 Å². The van der Waals surface area contributed by atoms with E-state index in [2.05, 4.69) is 0 Å². The second-order valence-corrected chi connectivity index (χ2v) is 3.84. The molecule has 0 aliphatic carbocycles. The molecule has 4 nitrogen and oxygen atoms in total. The number of rotatable bonds is 9. The Bertz CT molecular complexity index is 123. The second-order valence-electron chi connectivity index (χ2n) is 3.84. The van der Waals surface area contributed by atoms with Gasteiger partial charge in [0.2, 0.25) is 0 Å². The smallest absolute Gasteiger partial charge is 0.0507 e. The van der Waals surface area contributed by atoms with Crippen molar-refractivity contribution in [1.82, 2.24) is 0 Å². The highest BCUT2D eigenvalue weighted by atomic mass is 16.5. The van der Waals surface area contributed by atoms with Crippen molar-refractivity contribution in [3.05, 3.63) is 0 Å². The van der Waals surface area contributed by atoms with Crippen molar-refractivity contribution in [3.63, 3.8) is 0 Å². The van der Waals surface area contributed by atoms with Crippen LogP contribution in [0.2, 0.25) is 0 Å². The van der Waals surface area contributed by atoms with E-state index in [1.54, 1.807) is 7.11 Å². The van der Waals surface area contributed by atoms with Crippen molar-refractivity contribution in [2.75, 3.05) is 40.1 Å². The summed E-state index contributed by atoms with van der Waals surface area (Å²) in [6.45, 7) is 3.76. The largest absolute Gasteiger partial charge is 0.396 e. The summed E-state index contributed by atoms with van der Waals surface area (Å²) in [6.07, 6.45) is 1.55. The van der Waals surface area contributed by atoms with Crippen molar-refractivity contribution >= 4 is 0 Å². The Kier molecular flexibility index (Phi) is 8.08. The Hall–Kier alpha value is -0.160. The first kappa shape index (κ1) is 13.8. The number of methoxy groups -OCH3 is 1. The molecule has 0 heterocycles. The predicted octanol–water partition coefficient (Wildman–Crippen LogP) is 0.421. The number of hydrogen-bond acceptors (Lipinski definition) is 4. The molecule has 0 rings (SSSR count). The topological polar surface area (TPSA) is 58.9 Å². The fraction of sp³-hybridized carbons (Fsp3) is 1.00. The molecule has 0 aromatic heterocycles. The van der Waals surface area contributed by atoms with E-state index in [4.69, 9.17) is 19.7 Å². The first-order valence-corrected chi connectivity index (χ1v) is 4.97. The van der Waals surface area contributed by atoms with Crippen molar-refractivity contribution in [1.29, 1.82) is 0 Å². The molecule has 0 aliphatic heterocycles. The Morgan fingerprint density at radius 1 is 1.07 bits per heavy atom. The van der Waals surface area contributed by atoms with E-state index >= 15 is 0 Å². The fourth-order valence-corrected chi connectivity index (χ4v) is 0.934. The molecule has 0 amide bonds. The molecular formula is C10H22O4. The van der Waals surface area contributed by atoms with Crippen LogP contribution < -0.4 is 0 Å². The van der Waals surface area contributed by atoms with Gasteiger partial charge in [-0.25, -0.2) is 0 Å². The molecule has 0 spiro atoms. The highest BCUT2D eigenvalue weighted by Gasteiger charge is 2.21. The molecule has 0 fully saturated rings. The van der Waals surface area contributed by atoms with Gasteiger partial charge in [-0.1, -0.05) is 6.92 Å². The van der Waals surface area contributed by atoms with Gasteiger partial charge in [0, 0.05) is 32.3 Å². The van der Waals surface area contributed by atoms with Gasteiger partial charge in [-0.3, -0.25) is 0 Å². The quantitative estimate of drug-likeness (QED) is 0.537. The molecule has 86 valence electrons. The van der Waals surface area contributed by atoms with Gasteiger partial charge in [-0.05, 0) is 12.8 Å². The molecule has 0 saturated heterocycles. The summed E-state index contributed by atoms with van der Waals surface area (Å²) in [5.74, 6) is 0. The normalized spacial score (nSPS) is 12.0. The van der Waals surface area contributed by atoms with Crippen LogP contribution in [0.5, 0.6) is 0 Å².